The molecule has 1 nitrogen and oxygen atoms in total. The average Bonchev–Trinajstić information content (AvgIpc) is 2.11. The van der Waals surface area contributed by atoms with Gasteiger partial charge in [0, 0.05) is 11.6 Å². The van der Waals surface area contributed by atoms with E-state index in [0.717, 1.165) is 12.0 Å². The Labute approximate surface area is 108 Å². The molecule has 1 aromatic rings. The molecule has 16 heavy (non-hydrogen) atoms. The van der Waals surface area contributed by atoms with Crippen LogP contribution < -0.4 is 5.73 Å². The van der Waals surface area contributed by atoms with Gasteiger partial charge in [0.2, 0.25) is 0 Å². The molecule has 0 aliphatic rings. The summed E-state index contributed by atoms with van der Waals surface area (Å²) >= 11 is 6.06. The van der Waals surface area contributed by atoms with Crippen molar-refractivity contribution in [3.8, 4) is 0 Å². The molecule has 0 amide bonds. The Hall–Kier alpha value is -0.310. The molecule has 0 radical (unpaired) electrons. The summed E-state index contributed by atoms with van der Waals surface area (Å²) in [6.07, 6.45) is 0.736. The van der Waals surface area contributed by atoms with E-state index in [1.165, 1.54) is 6.07 Å². The standard InChI is InChI=1S/C12H17ClFN.ClH/c1-7(2)6-10(15)11-9(14)5-4-8(3)12(11)13;/h4-5,7,10H,6,15H2,1-3H3;1H/t10-;/m1./s1. The monoisotopic (exact) mass is 265 g/mol. The van der Waals surface area contributed by atoms with Gasteiger partial charge >= 0.3 is 0 Å². The van der Waals surface area contributed by atoms with E-state index in [9.17, 15) is 4.39 Å². The van der Waals surface area contributed by atoms with E-state index in [2.05, 4.69) is 13.8 Å². The zero-order chi connectivity index (χ0) is 11.6. The van der Waals surface area contributed by atoms with E-state index >= 15 is 0 Å². The summed E-state index contributed by atoms with van der Waals surface area (Å²) in [5, 5.41) is 0.461. The summed E-state index contributed by atoms with van der Waals surface area (Å²) in [5.74, 6) is 0.120. The van der Waals surface area contributed by atoms with Crippen molar-refractivity contribution in [2.75, 3.05) is 0 Å². The Morgan fingerprint density at radius 2 is 1.94 bits per heavy atom. The second kappa shape index (κ2) is 6.43. The van der Waals surface area contributed by atoms with Crippen molar-refractivity contribution >= 4 is 24.0 Å². The fourth-order valence-electron chi connectivity index (χ4n) is 1.64. The fourth-order valence-corrected chi connectivity index (χ4v) is 1.94. The van der Waals surface area contributed by atoms with E-state index < -0.39 is 0 Å². The van der Waals surface area contributed by atoms with E-state index in [0.29, 0.717) is 16.5 Å². The highest BCUT2D eigenvalue weighted by molar-refractivity contribution is 6.32. The third-order valence-corrected chi connectivity index (χ3v) is 2.92. The van der Waals surface area contributed by atoms with Crippen LogP contribution in [0.5, 0.6) is 0 Å². The second-order valence-corrected chi connectivity index (χ2v) is 4.71. The van der Waals surface area contributed by atoms with Crippen molar-refractivity contribution in [3.63, 3.8) is 0 Å². The summed E-state index contributed by atoms with van der Waals surface area (Å²) in [6, 6.07) is 2.78. The average molecular weight is 266 g/mol. The Balaban J connectivity index is 0.00000225. The SMILES string of the molecule is Cc1ccc(F)c([C@H](N)CC(C)C)c1Cl.Cl. The molecule has 0 saturated heterocycles. The van der Waals surface area contributed by atoms with Crippen molar-refractivity contribution in [3.05, 3.63) is 34.1 Å². The lowest BCUT2D eigenvalue weighted by molar-refractivity contribution is 0.489. The van der Waals surface area contributed by atoms with Gasteiger partial charge < -0.3 is 5.73 Å². The highest BCUT2D eigenvalue weighted by Gasteiger charge is 2.17. The first-order chi connectivity index (χ1) is 6.93. The quantitative estimate of drug-likeness (QED) is 0.869. The van der Waals surface area contributed by atoms with Crippen molar-refractivity contribution in [2.45, 2.75) is 33.2 Å². The molecule has 1 aromatic carbocycles. The van der Waals surface area contributed by atoms with Gasteiger partial charge in [0.15, 0.2) is 0 Å². The molecule has 4 heteroatoms. The summed E-state index contributed by atoms with van der Waals surface area (Å²) in [5.41, 5.74) is 7.26. The van der Waals surface area contributed by atoms with Crippen molar-refractivity contribution in [1.29, 1.82) is 0 Å². The normalized spacial score (nSPS) is 12.4. The van der Waals surface area contributed by atoms with E-state index in [4.69, 9.17) is 17.3 Å². The lowest BCUT2D eigenvalue weighted by atomic mass is 9.96. The third-order valence-electron chi connectivity index (χ3n) is 2.42. The van der Waals surface area contributed by atoms with Gasteiger partial charge in [-0.1, -0.05) is 31.5 Å². The number of hydrogen-bond donors (Lipinski definition) is 1. The zero-order valence-corrected chi connectivity index (χ0v) is 11.3. The van der Waals surface area contributed by atoms with Crippen LogP contribution in [0.25, 0.3) is 0 Å². The van der Waals surface area contributed by atoms with Gasteiger partial charge in [-0.2, -0.15) is 0 Å². The minimum absolute atomic E-state index is 0. The van der Waals surface area contributed by atoms with Gasteiger partial charge in [-0.25, -0.2) is 4.39 Å². The molecular formula is C12H18Cl2FN. The summed E-state index contributed by atoms with van der Waals surface area (Å²) in [7, 11) is 0. The van der Waals surface area contributed by atoms with Crippen LogP contribution in [0.2, 0.25) is 5.02 Å². The number of aryl methyl sites for hydroxylation is 1. The molecule has 1 atom stereocenters. The van der Waals surface area contributed by atoms with Gasteiger partial charge in [0.25, 0.3) is 0 Å². The number of benzene rings is 1. The van der Waals surface area contributed by atoms with Gasteiger partial charge in [0.05, 0.1) is 5.02 Å². The van der Waals surface area contributed by atoms with Crippen LogP contribution in [0.3, 0.4) is 0 Å². The van der Waals surface area contributed by atoms with E-state index in [1.807, 2.05) is 6.92 Å². The van der Waals surface area contributed by atoms with Gasteiger partial charge in [-0.05, 0) is 30.9 Å². The number of halogens is 3. The first-order valence-electron chi connectivity index (χ1n) is 5.13. The molecule has 92 valence electrons. The van der Waals surface area contributed by atoms with E-state index in [1.54, 1.807) is 6.07 Å². The Morgan fingerprint density at radius 3 is 2.44 bits per heavy atom. The number of hydrogen-bond acceptors (Lipinski definition) is 1. The fraction of sp³-hybridized carbons (Fsp3) is 0.500. The molecule has 1 rings (SSSR count). The summed E-state index contributed by atoms with van der Waals surface area (Å²) in [4.78, 5) is 0. The molecular weight excluding hydrogens is 248 g/mol. The van der Waals surface area contributed by atoms with Crippen LogP contribution >= 0.6 is 24.0 Å². The second-order valence-electron chi connectivity index (χ2n) is 4.33. The molecule has 0 aromatic heterocycles. The lowest BCUT2D eigenvalue weighted by Gasteiger charge is -2.17. The molecule has 0 aliphatic carbocycles. The predicted molar refractivity (Wildman–Crippen MR) is 69.8 cm³/mol. The molecule has 0 saturated carbocycles. The molecule has 0 unspecified atom stereocenters. The summed E-state index contributed by atoms with van der Waals surface area (Å²) in [6.45, 7) is 5.97. The first kappa shape index (κ1) is 15.7. The highest BCUT2D eigenvalue weighted by Crippen LogP contribution is 2.30. The minimum atomic E-state index is -0.322. The Kier molecular flexibility index (Phi) is 6.31. The van der Waals surface area contributed by atoms with Crippen LogP contribution in [0.15, 0.2) is 12.1 Å². The number of rotatable bonds is 3. The van der Waals surface area contributed by atoms with Crippen molar-refractivity contribution in [2.24, 2.45) is 11.7 Å². The maximum atomic E-state index is 13.6. The van der Waals surface area contributed by atoms with Crippen LogP contribution in [-0.4, -0.2) is 0 Å². The van der Waals surface area contributed by atoms with Crippen LogP contribution in [-0.2, 0) is 0 Å². The summed E-state index contributed by atoms with van der Waals surface area (Å²) < 4.78 is 13.6. The topological polar surface area (TPSA) is 26.0 Å². The first-order valence-corrected chi connectivity index (χ1v) is 5.51. The minimum Gasteiger partial charge on any atom is -0.324 e. The Bertz CT molecular complexity index is 353. The van der Waals surface area contributed by atoms with Gasteiger partial charge in [-0.15, -0.1) is 12.4 Å². The van der Waals surface area contributed by atoms with E-state index in [-0.39, 0.29) is 24.3 Å². The van der Waals surface area contributed by atoms with Gasteiger partial charge in [0.1, 0.15) is 5.82 Å². The zero-order valence-electron chi connectivity index (χ0n) is 9.76. The largest absolute Gasteiger partial charge is 0.324 e. The van der Waals surface area contributed by atoms with Crippen molar-refractivity contribution < 1.29 is 4.39 Å². The van der Waals surface area contributed by atoms with Crippen LogP contribution in [0.1, 0.15) is 37.4 Å². The lowest BCUT2D eigenvalue weighted by Crippen LogP contribution is -2.15. The third kappa shape index (κ3) is 3.62. The molecule has 0 heterocycles. The molecule has 0 fully saturated rings. The van der Waals surface area contributed by atoms with Gasteiger partial charge in [-0.3, -0.25) is 0 Å². The predicted octanol–water partition coefficient (Wildman–Crippen LogP) is 4.26. The maximum absolute atomic E-state index is 13.6. The maximum Gasteiger partial charge on any atom is 0.129 e. The molecule has 0 spiro atoms. The Morgan fingerprint density at radius 1 is 1.38 bits per heavy atom. The number of nitrogens with two attached hydrogens (primary N) is 1. The van der Waals surface area contributed by atoms with Crippen LogP contribution in [0, 0.1) is 18.7 Å². The molecule has 0 bridgehead atoms. The van der Waals surface area contributed by atoms with Crippen LogP contribution in [0.4, 0.5) is 4.39 Å². The molecule has 0 aliphatic heterocycles. The highest BCUT2D eigenvalue weighted by atomic mass is 35.5. The molecule has 2 N–H and O–H groups in total. The smallest absolute Gasteiger partial charge is 0.129 e. The van der Waals surface area contributed by atoms with Crippen molar-refractivity contribution in [1.82, 2.24) is 0 Å².